The smallest absolute Gasteiger partial charge is 0.216 e. The number of aromatic amines is 1. The highest BCUT2D eigenvalue weighted by molar-refractivity contribution is 7.71. The first kappa shape index (κ1) is 18.1. The number of hydrogen-bond acceptors (Lipinski definition) is 4. The van der Waals surface area contributed by atoms with E-state index in [-0.39, 0.29) is 0 Å². The zero-order chi connectivity index (χ0) is 19.3. The van der Waals surface area contributed by atoms with Gasteiger partial charge in [0.05, 0.1) is 12.8 Å². The van der Waals surface area contributed by atoms with Crippen LogP contribution >= 0.6 is 12.2 Å². The lowest BCUT2D eigenvalue weighted by molar-refractivity contribution is 0.340. The van der Waals surface area contributed by atoms with E-state index in [2.05, 4.69) is 45.6 Å². The number of hydrogen-bond donors (Lipinski definition) is 1. The van der Waals surface area contributed by atoms with Crippen LogP contribution < -0.4 is 4.74 Å². The van der Waals surface area contributed by atoms with Gasteiger partial charge in [0.15, 0.2) is 5.82 Å². The fraction of sp³-hybridized carbons (Fsp3) is 0.136. The highest BCUT2D eigenvalue weighted by Gasteiger charge is 2.09. The van der Waals surface area contributed by atoms with Gasteiger partial charge in [0.25, 0.3) is 0 Å². The average Bonchev–Trinajstić information content (AvgIpc) is 3.07. The summed E-state index contributed by atoms with van der Waals surface area (Å²) in [5.41, 5.74) is 2.07. The molecule has 3 aromatic carbocycles. The average molecular weight is 388 g/mol. The van der Waals surface area contributed by atoms with Gasteiger partial charge in [-0.3, -0.25) is 5.10 Å². The highest BCUT2D eigenvalue weighted by Crippen LogP contribution is 2.27. The lowest BCUT2D eigenvalue weighted by Gasteiger charge is -2.10. The standard InChI is InChI=1S/C22H20N4OS/c1-2-27-20-13-12-17-10-6-7-11-18(17)19(20)15-23-26-21(24-25-22(26)28)14-16-8-4-3-5-9-16/h3-13,15H,2,14H2,1H3,(H,25,28)/b23-15-. The minimum Gasteiger partial charge on any atom is -0.493 e. The van der Waals surface area contributed by atoms with Crippen molar-refractivity contribution in [3.8, 4) is 5.75 Å². The second-order valence-corrected chi connectivity index (χ2v) is 6.68. The van der Waals surface area contributed by atoms with Gasteiger partial charge in [-0.2, -0.15) is 14.9 Å². The minimum atomic E-state index is 0.459. The molecule has 1 heterocycles. The molecule has 0 radical (unpaired) electrons. The number of rotatable bonds is 6. The molecule has 0 saturated heterocycles. The summed E-state index contributed by atoms with van der Waals surface area (Å²) in [6.45, 7) is 2.56. The molecular formula is C22H20N4OS. The van der Waals surface area contributed by atoms with Crippen LogP contribution in [0.4, 0.5) is 0 Å². The first-order valence-corrected chi connectivity index (χ1v) is 9.56. The fourth-order valence-electron chi connectivity index (χ4n) is 3.14. The number of aromatic nitrogens is 3. The lowest BCUT2D eigenvalue weighted by Crippen LogP contribution is -2.02. The first-order chi connectivity index (χ1) is 13.8. The maximum atomic E-state index is 5.82. The van der Waals surface area contributed by atoms with Crippen molar-refractivity contribution in [1.82, 2.24) is 14.9 Å². The van der Waals surface area contributed by atoms with Crippen molar-refractivity contribution < 1.29 is 4.74 Å². The summed E-state index contributed by atoms with van der Waals surface area (Å²) in [5.74, 6) is 1.55. The molecule has 0 bridgehead atoms. The van der Waals surface area contributed by atoms with E-state index in [0.717, 1.165) is 33.5 Å². The Hall–Kier alpha value is -3.25. The van der Waals surface area contributed by atoms with E-state index in [1.54, 1.807) is 10.9 Å². The second-order valence-electron chi connectivity index (χ2n) is 6.30. The number of nitrogens with one attached hydrogen (secondary N) is 1. The van der Waals surface area contributed by atoms with Gasteiger partial charge in [-0.05, 0) is 41.5 Å². The molecule has 1 aromatic heterocycles. The molecular weight excluding hydrogens is 368 g/mol. The quantitative estimate of drug-likeness (QED) is 0.375. The summed E-state index contributed by atoms with van der Waals surface area (Å²) in [6.07, 6.45) is 2.44. The summed E-state index contributed by atoms with van der Waals surface area (Å²) in [7, 11) is 0. The maximum Gasteiger partial charge on any atom is 0.216 e. The molecule has 4 aromatic rings. The van der Waals surface area contributed by atoms with E-state index in [1.807, 2.05) is 43.3 Å². The van der Waals surface area contributed by atoms with Crippen LogP contribution in [0.3, 0.4) is 0 Å². The van der Waals surface area contributed by atoms with Crippen LogP contribution in [-0.4, -0.2) is 27.7 Å². The van der Waals surface area contributed by atoms with Gasteiger partial charge in [-0.15, -0.1) is 0 Å². The van der Waals surface area contributed by atoms with Gasteiger partial charge in [0, 0.05) is 12.0 Å². The normalized spacial score (nSPS) is 11.3. The molecule has 5 nitrogen and oxygen atoms in total. The zero-order valence-electron chi connectivity index (χ0n) is 15.5. The third kappa shape index (κ3) is 3.73. The number of ether oxygens (including phenoxy) is 1. The highest BCUT2D eigenvalue weighted by atomic mass is 32.1. The Kier molecular flexibility index (Phi) is 5.30. The Morgan fingerprint density at radius 1 is 1.07 bits per heavy atom. The largest absolute Gasteiger partial charge is 0.493 e. The molecule has 0 amide bonds. The minimum absolute atomic E-state index is 0.459. The predicted molar refractivity (Wildman–Crippen MR) is 115 cm³/mol. The topological polar surface area (TPSA) is 55.2 Å². The monoisotopic (exact) mass is 388 g/mol. The van der Waals surface area contributed by atoms with Crippen molar-refractivity contribution in [1.29, 1.82) is 0 Å². The Morgan fingerprint density at radius 2 is 1.86 bits per heavy atom. The molecule has 0 saturated carbocycles. The van der Waals surface area contributed by atoms with Crippen LogP contribution in [0.5, 0.6) is 5.75 Å². The molecule has 0 aliphatic carbocycles. The van der Waals surface area contributed by atoms with Gasteiger partial charge in [0.2, 0.25) is 4.77 Å². The van der Waals surface area contributed by atoms with E-state index >= 15 is 0 Å². The molecule has 140 valence electrons. The Bertz CT molecular complexity index is 1180. The van der Waals surface area contributed by atoms with Crippen molar-refractivity contribution in [2.45, 2.75) is 13.3 Å². The molecule has 0 fully saturated rings. The molecule has 6 heteroatoms. The summed E-state index contributed by atoms with van der Waals surface area (Å²) in [4.78, 5) is 0. The Labute approximate surface area is 168 Å². The van der Waals surface area contributed by atoms with E-state index in [4.69, 9.17) is 17.0 Å². The second kappa shape index (κ2) is 8.19. The van der Waals surface area contributed by atoms with Crippen LogP contribution in [-0.2, 0) is 6.42 Å². The Morgan fingerprint density at radius 3 is 2.68 bits per heavy atom. The summed E-state index contributed by atoms with van der Waals surface area (Å²) < 4.78 is 7.95. The van der Waals surface area contributed by atoms with Crippen LogP contribution in [0.25, 0.3) is 10.8 Å². The SMILES string of the molecule is CCOc1ccc2ccccc2c1/C=N\n1c(Cc2ccccc2)n[nH]c1=S. The lowest BCUT2D eigenvalue weighted by atomic mass is 10.0. The number of benzene rings is 3. The number of H-pyrrole nitrogens is 1. The van der Waals surface area contributed by atoms with Crippen LogP contribution in [0.15, 0.2) is 71.8 Å². The van der Waals surface area contributed by atoms with Crippen molar-refractivity contribution in [2.24, 2.45) is 5.10 Å². The first-order valence-electron chi connectivity index (χ1n) is 9.15. The van der Waals surface area contributed by atoms with Crippen LogP contribution in [0.2, 0.25) is 0 Å². The zero-order valence-corrected chi connectivity index (χ0v) is 16.3. The summed E-state index contributed by atoms with van der Waals surface area (Å²) in [5, 5.41) is 14.0. The predicted octanol–water partition coefficient (Wildman–Crippen LogP) is 4.97. The van der Waals surface area contributed by atoms with Crippen molar-refractivity contribution in [2.75, 3.05) is 6.61 Å². The molecule has 1 N–H and O–H groups in total. The molecule has 4 rings (SSSR count). The van der Waals surface area contributed by atoms with Gasteiger partial charge in [-0.25, -0.2) is 0 Å². The maximum absolute atomic E-state index is 5.82. The van der Waals surface area contributed by atoms with E-state index in [9.17, 15) is 0 Å². The van der Waals surface area contributed by atoms with Gasteiger partial charge < -0.3 is 4.74 Å². The van der Waals surface area contributed by atoms with Crippen LogP contribution in [0, 0.1) is 4.77 Å². The van der Waals surface area contributed by atoms with Gasteiger partial charge in [0.1, 0.15) is 5.75 Å². The van der Waals surface area contributed by atoms with E-state index < -0.39 is 0 Å². The number of nitrogens with zero attached hydrogens (tertiary/aromatic N) is 3. The molecule has 0 aliphatic rings. The van der Waals surface area contributed by atoms with Crippen molar-refractivity contribution in [3.63, 3.8) is 0 Å². The van der Waals surface area contributed by atoms with E-state index in [0.29, 0.717) is 17.8 Å². The van der Waals surface area contributed by atoms with Crippen molar-refractivity contribution in [3.05, 3.63) is 88.5 Å². The van der Waals surface area contributed by atoms with Crippen LogP contribution in [0.1, 0.15) is 23.9 Å². The Balaban J connectivity index is 1.75. The van der Waals surface area contributed by atoms with Gasteiger partial charge >= 0.3 is 0 Å². The van der Waals surface area contributed by atoms with Gasteiger partial charge in [-0.1, -0.05) is 60.7 Å². The third-order valence-electron chi connectivity index (χ3n) is 4.46. The molecule has 28 heavy (non-hydrogen) atoms. The summed E-state index contributed by atoms with van der Waals surface area (Å²) in [6, 6.07) is 22.3. The summed E-state index contributed by atoms with van der Waals surface area (Å²) >= 11 is 5.38. The molecule has 0 spiro atoms. The third-order valence-corrected chi connectivity index (χ3v) is 4.72. The fourth-order valence-corrected chi connectivity index (χ4v) is 3.34. The molecule has 0 atom stereocenters. The number of fused-ring (bicyclic) bond motifs is 1. The molecule has 0 unspecified atom stereocenters. The molecule has 0 aliphatic heterocycles. The van der Waals surface area contributed by atoms with Crippen molar-refractivity contribution >= 4 is 29.2 Å². The van der Waals surface area contributed by atoms with E-state index in [1.165, 1.54) is 0 Å².